The molecule has 2 unspecified atom stereocenters. The second kappa shape index (κ2) is 5.82. The second-order valence-corrected chi connectivity index (χ2v) is 7.01. The van der Waals surface area contributed by atoms with Crippen molar-refractivity contribution in [1.82, 2.24) is 4.90 Å². The van der Waals surface area contributed by atoms with Gasteiger partial charge >= 0.3 is 0 Å². The SMILES string of the molecule is CC1CCC(CN)(C(=O)N2C(C)CCCC2C)CC1. The highest BCUT2D eigenvalue weighted by Crippen LogP contribution is 2.41. The molecule has 0 aromatic heterocycles. The van der Waals surface area contributed by atoms with Crippen LogP contribution in [0.3, 0.4) is 0 Å². The average molecular weight is 266 g/mol. The molecule has 0 bridgehead atoms. The lowest BCUT2D eigenvalue weighted by molar-refractivity contribution is -0.150. The van der Waals surface area contributed by atoms with Crippen molar-refractivity contribution < 1.29 is 4.79 Å². The third-order valence-corrected chi connectivity index (χ3v) is 5.50. The molecule has 2 aliphatic rings. The Morgan fingerprint density at radius 2 is 1.63 bits per heavy atom. The molecule has 1 aliphatic heterocycles. The van der Waals surface area contributed by atoms with Crippen LogP contribution in [0.2, 0.25) is 0 Å². The first-order valence-corrected chi connectivity index (χ1v) is 8.03. The lowest BCUT2D eigenvalue weighted by Crippen LogP contribution is -2.56. The van der Waals surface area contributed by atoms with Gasteiger partial charge in [-0.1, -0.05) is 6.92 Å². The first-order valence-electron chi connectivity index (χ1n) is 8.03. The van der Waals surface area contributed by atoms with Crippen molar-refractivity contribution in [2.24, 2.45) is 17.1 Å². The number of hydrogen-bond acceptors (Lipinski definition) is 2. The van der Waals surface area contributed by atoms with E-state index in [1.807, 2.05) is 0 Å². The lowest BCUT2D eigenvalue weighted by atomic mass is 9.69. The van der Waals surface area contributed by atoms with Gasteiger partial charge in [0.15, 0.2) is 0 Å². The minimum atomic E-state index is -0.258. The molecule has 2 N–H and O–H groups in total. The van der Waals surface area contributed by atoms with E-state index in [2.05, 4.69) is 25.7 Å². The highest BCUT2D eigenvalue weighted by atomic mass is 16.2. The predicted octanol–water partition coefficient (Wildman–Crippen LogP) is 2.93. The van der Waals surface area contributed by atoms with Crippen molar-refractivity contribution in [3.05, 3.63) is 0 Å². The quantitative estimate of drug-likeness (QED) is 0.835. The van der Waals surface area contributed by atoms with Crippen LogP contribution in [0.15, 0.2) is 0 Å². The molecular weight excluding hydrogens is 236 g/mol. The van der Waals surface area contributed by atoms with Gasteiger partial charge in [-0.2, -0.15) is 0 Å². The zero-order valence-electron chi connectivity index (χ0n) is 12.8. The Kier molecular flexibility index (Phi) is 4.54. The standard InChI is InChI=1S/C16H30N2O/c1-12-7-9-16(11-17,10-8-12)15(19)18-13(2)5-4-6-14(18)3/h12-14H,4-11,17H2,1-3H3. The summed E-state index contributed by atoms with van der Waals surface area (Å²) in [6.45, 7) is 7.21. The van der Waals surface area contributed by atoms with Crippen LogP contribution in [0.4, 0.5) is 0 Å². The van der Waals surface area contributed by atoms with E-state index in [-0.39, 0.29) is 5.41 Å². The summed E-state index contributed by atoms with van der Waals surface area (Å²) < 4.78 is 0. The summed E-state index contributed by atoms with van der Waals surface area (Å²) in [5.74, 6) is 1.10. The summed E-state index contributed by atoms with van der Waals surface area (Å²) in [6, 6.07) is 0.776. The van der Waals surface area contributed by atoms with Crippen molar-refractivity contribution in [3.63, 3.8) is 0 Å². The fourth-order valence-corrected chi connectivity index (χ4v) is 3.92. The molecule has 0 aromatic rings. The van der Waals surface area contributed by atoms with Gasteiger partial charge in [-0.05, 0) is 64.7 Å². The molecule has 3 heteroatoms. The fourth-order valence-electron chi connectivity index (χ4n) is 3.92. The minimum absolute atomic E-state index is 0.258. The number of carbonyl (C=O) groups is 1. The maximum Gasteiger partial charge on any atom is 0.230 e. The Morgan fingerprint density at radius 1 is 1.11 bits per heavy atom. The Hall–Kier alpha value is -0.570. The number of hydrogen-bond donors (Lipinski definition) is 1. The summed E-state index contributed by atoms with van der Waals surface area (Å²) in [4.78, 5) is 15.2. The minimum Gasteiger partial charge on any atom is -0.337 e. The first kappa shape index (κ1) is 14.8. The van der Waals surface area contributed by atoms with Crippen LogP contribution in [0.5, 0.6) is 0 Å². The van der Waals surface area contributed by atoms with Crippen LogP contribution in [-0.2, 0) is 4.79 Å². The Bertz CT molecular complexity index is 311. The van der Waals surface area contributed by atoms with Gasteiger partial charge in [0.2, 0.25) is 5.91 Å². The van der Waals surface area contributed by atoms with E-state index in [4.69, 9.17) is 5.73 Å². The molecule has 0 radical (unpaired) electrons. The zero-order chi connectivity index (χ0) is 14.0. The van der Waals surface area contributed by atoms with Gasteiger partial charge in [0.05, 0.1) is 5.41 Å². The number of rotatable bonds is 2. The van der Waals surface area contributed by atoms with Crippen LogP contribution in [-0.4, -0.2) is 29.4 Å². The second-order valence-electron chi connectivity index (χ2n) is 7.01. The number of nitrogens with two attached hydrogens (primary N) is 1. The maximum absolute atomic E-state index is 13.1. The number of piperidine rings is 1. The van der Waals surface area contributed by atoms with Crippen molar-refractivity contribution in [2.45, 2.75) is 77.8 Å². The van der Waals surface area contributed by atoms with Crippen LogP contribution >= 0.6 is 0 Å². The maximum atomic E-state index is 13.1. The van der Waals surface area contributed by atoms with E-state index >= 15 is 0 Å². The fraction of sp³-hybridized carbons (Fsp3) is 0.938. The smallest absolute Gasteiger partial charge is 0.230 e. The first-order chi connectivity index (χ1) is 9.00. The molecule has 110 valence electrons. The number of amides is 1. The van der Waals surface area contributed by atoms with Gasteiger partial charge in [-0.25, -0.2) is 0 Å². The topological polar surface area (TPSA) is 46.3 Å². The van der Waals surface area contributed by atoms with Crippen molar-refractivity contribution in [3.8, 4) is 0 Å². The molecular formula is C16H30N2O. The largest absolute Gasteiger partial charge is 0.337 e. The highest BCUT2D eigenvalue weighted by molar-refractivity contribution is 5.83. The Labute approximate surface area is 117 Å². The monoisotopic (exact) mass is 266 g/mol. The van der Waals surface area contributed by atoms with Gasteiger partial charge in [0, 0.05) is 18.6 Å². The van der Waals surface area contributed by atoms with E-state index in [9.17, 15) is 4.79 Å². The number of carbonyl (C=O) groups excluding carboxylic acids is 1. The van der Waals surface area contributed by atoms with Gasteiger partial charge in [-0.3, -0.25) is 4.79 Å². The normalized spacial score (nSPS) is 40.2. The van der Waals surface area contributed by atoms with Crippen molar-refractivity contribution in [1.29, 1.82) is 0 Å². The summed E-state index contributed by atoms with van der Waals surface area (Å²) in [7, 11) is 0. The van der Waals surface area contributed by atoms with Gasteiger partial charge in [0.1, 0.15) is 0 Å². The van der Waals surface area contributed by atoms with Crippen LogP contribution < -0.4 is 5.73 Å². The molecule has 0 spiro atoms. The third kappa shape index (κ3) is 2.81. The third-order valence-electron chi connectivity index (χ3n) is 5.50. The highest BCUT2D eigenvalue weighted by Gasteiger charge is 2.44. The molecule has 19 heavy (non-hydrogen) atoms. The number of nitrogens with zero attached hydrogens (tertiary/aromatic N) is 1. The van der Waals surface area contributed by atoms with Crippen molar-refractivity contribution >= 4 is 5.91 Å². The molecule has 0 aromatic carbocycles. The van der Waals surface area contributed by atoms with Crippen molar-refractivity contribution in [2.75, 3.05) is 6.54 Å². The van der Waals surface area contributed by atoms with E-state index in [1.165, 1.54) is 6.42 Å². The lowest BCUT2D eigenvalue weighted by Gasteiger charge is -2.46. The predicted molar refractivity (Wildman–Crippen MR) is 78.7 cm³/mol. The Balaban J connectivity index is 2.15. The summed E-state index contributed by atoms with van der Waals surface area (Å²) in [5, 5.41) is 0. The van der Waals surface area contributed by atoms with E-state index < -0.39 is 0 Å². The molecule has 1 amide bonds. The summed E-state index contributed by atoms with van der Waals surface area (Å²) in [5.41, 5.74) is 5.78. The molecule has 1 saturated heterocycles. The van der Waals surface area contributed by atoms with E-state index in [1.54, 1.807) is 0 Å². The molecule has 3 nitrogen and oxygen atoms in total. The number of likely N-dealkylation sites (tertiary alicyclic amines) is 1. The van der Waals surface area contributed by atoms with Crippen LogP contribution in [0.25, 0.3) is 0 Å². The van der Waals surface area contributed by atoms with Crippen LogP contribution in [0.1, 0.15) is 65.7 Å². The molecule has 2 fully saturated rings. The van der Waals surface area contributed by atoms with E-state index in [0.717, 1.165) is 44.4 Å². The average Bonchev–Trinajstić information content (AvgIpc) is 2.39. The Morgan fingerprint density at radius 3 is 2.11 bits per heavy atom. The van der Waals surface area contributed by atoms with Gasteiger partial charge in [0.25, 0.3) is 0 Å². The van der Waals surface area contributed by atoms with E-state index in [0.29, 0.717) is 24.5 Å². The van der Waals surface area contributed by atoms with Gasteiger partial charge < -0.3 is 10.6 Å². The molecule has 1 aliphatic carbocycles. The summed E-state index contributed by atoms with van der Waals surface area (Å²) >= 11 is 0. The zero-order valence-corrected chi connectivity index (χ0v) is 12.8. The summed E-state index contributed by atoms with van der Waals surface area (Å²) in [6.07, 6.45) is 7.82. The molecule has 1 heterocycles. The molecule has 2 rings (SSSR count). The van der Waals surface area contributed by atoms with Crippen LogP contribution in [0, 0.1) is 11.3 Å². The van der Waals surface area contributed by atoms with Gasteiger partial charge in [-0.15, -0.1) is 0 Å². The molecule has 2 atom stereocenters. The molecule has 1 saturated carbocycles.